The van der Waals surface area contributed by atoms with Crippen molar-refractivity contribution in [3.63, 3.8) is 0 Å². The minimum atomic E-state index is -0.361. The van der Waals surface area contributed by atoms with Crippen LogP contribution < -0.4 is 0 Å². The lowest BCUT2D eigenvalue weighted by molar-refractivity contribution is 0.102. The van der Waals surface area contributed by atoms with E-state index >= 15 is 0 Å². The Balaban J connectivity index is 1.60. The Morgan fingerprint density at radius 1 is 1.18 bits per heavy atom. The molecule has 0 spiro atoms. The topological polar surface area (TPSA) is 47.8 Å². The summed E-state index contributed by atoms with van der Waals surface area (Å²) in [5.41, 5.74) is 0.476. The van der Waals surface area contributed by atoms with Gasteiger partial charge in [-0.3, -0.25) is 4.79 Å². The Labute approximate surface area is 174 Å². The number of thiophene rings is 1. The quantitative estimate of drug-likeness (QED) is 0.279. The largest absolute Gasteiger partial charge is 0.302 e. The molecule has 0 aliphatic heterocycles. The number of fused-ring (bicyclic) bond motifs is 1. The van der Waals surface area contributed by atoms with E-state index in [1.54, 1.807) is 11.3 Å². The molecule has 28 heavy (non-hydrogen) atoms. The van der Waals surface area contributed by atoms with Gasteiger partial charge in [0.15, 0.2) is 16.8 Å². The molecule has 4 nitrogen and oxygen atoms in total. The molecule has 0 aliphatic carbocycles. The maximum atomic E-state index is 13.0. The average molecular weight is 432 g/mol. The maximum absolute atomic E-state index is 13.0. The fourth-order valence-corrected chi connectivity index (χ4v) is 5.26. The molecule has 2 heterocycles. The van der Waals surface area contributed by atoms with Crippen LogP contribution in [0.5, 0.6) is 0 Å². The summed E-state index contributed by atoms with van der Waals surface area (Å²) in [6, 6.07) is 13.5. The van der Waals surface area contributed by atoms with Crippen molar-refractivity contribution in [3.8, 4) is 10.7 Å². The molecule has 0 N–H and O–H groups in total. The Morgan fingerprint density at radius 3 is 2.64 bits per heavy atom. The van der Waals surface area contributed by atoms with Crippen molar-refractivity contribution in [3.05, 3.63) is 64.9 Å². The first kappa shape index (κ1) is 19.1. The number of carbonyl (C=O) groups is 1. The Morgan fingerprint density at radius 2 is 1.93 bits per heavy atom. The molecule has 2 aromatic carbocycles. The van der Waals surface area contributed by atoms with Gasteiger partial charge in [0, 0.05) is 22.2 Å². The van der Waals surface area contributed by atoms with E-state index in [4.69, 9.17) is 11.6 Å². The number of benzene rings is 2. The molecule has 0 radical (unpaired) electrons. The van der Waals surface area contributed by atoms with Crippen LogP contribution in [-0.4, -0.2) is 26.3 Å². The molecule has 0 atom stereocenters. The number of Topliss-reactive ketones (excluding diaryl/α,β-unsaturated/α-hetero) is 1. The summed E-state index contributed by atoms with van der Waals surface area (Å²) in [5, 5.41) is 10.9. The summed E-state index contributed by atoms with van der Waals surface area (Å²) in [7, 11) is 0. The third-order valence-electron chi connectivity index (χ3n) is 4.27. The maximum Gasteiger partial charge on any atom is 0.191 e. The Kier molecular flexibility index (Phi) is 5.48. The van der Waals surface area contributed by atoms with Crippen LogP contribution in [0.1, 0.15) is 17.3 Å². The second-order valence-electron chi connectivity index (χ2n) is 6.01. The number of halogens is 2. The van der Waals surface area contributed by atoms with E-state index in [-0.39, 0.29) is 17.4 Å². The molecule has 0 fully saturated rings. The molecular weight excluding hydrogens is 417 g/mol. The number of rotatable bonds is 6. The number of ketones is 1. The highest BCUT2D eigenvalue weighted by Crippen LogP contribution is 2.41. The fourth-order valence-electron chi connectivity index (χ4n) is 2.86. The monoisotopic (exact) mass is 431 g/mol. The van der Waals surface area contributed by atoms with Crippen LogP contribution in [0.25, 0.3) is 20.8 Å². The molecule has 2 aromatic heterocycles. The molecular formula is C20H15ClFN3OS2. The summed E-state index contributed by atoms with van der Waals surface area (Å²) in [6.07, 6.45) is 0. The lowest BCUT2D eigenvalue weighted by Crippen LogP contribution is -2.05. The van der Waals surface area contributed by atoms with Gasteiger partial charge in [-0.25, -0.2) is 4.39 Å². The van der Waals surface area contributed by atoms with E-state index in [1.807, 2.05) is 35.8 Å². The summed E-state index contributed by atoms with van der Waals surface area (Å²) in [5.74, 6) is 0.450. The number of nitrogens with zero attached hydrogens (tertiary/aromatic N) is 3. The first-order valence-electron chi connectivity index (χ1n) is 8.60. The highest BCUT2D eigenvalue weighted by Gasteiger charge is 2.20. The number of hydrogen-bond donors (Lipinski definition) is 0. The van der Waals surface area contributed by atoms with Gasteiger partial charge in [0.05, 0.1) is 15.7 Å². The van der Waals surface area contributed by atoms with Crippen LogP contribution in [0, 0.1) is 5.82 Å². The first-order valence-corrected chi connectivity index (χ1v) is 10.8. The summed E-state index contributed by atoms with van der Waals surface area (Å²) >= 11 is 9.48. The van der Waals surface area contributed by atoms with Crippen molar-refractivity contribution in [1.29, 1.82) is 0 Å². The normalized spacial score (nSPS) is 11.2. The van der Waals surface area contributed by atoms with Gasteiger partial charge >= 0.3 is 0 Å². The van der Waals surface area contributed by atoms with Crippen LogP contribution in [0.4, 0.5) is 4.39 Å². The van der Waals surface area contributed by atoms with Gasteiger partial charge in [-0.15, -0.1) is 21.5 Å². The van der Waals surface area contributed by atoms with Gasteiger partial charge in [-0.05, 0) is 37.3 Å². The second-order valence-corrected chi connectivity index (χ2v) is 8.38. The summed E-state index contributed by atoms with van der Waals surface area (Å²) < 4.78 is 16.1. The third-order valence-corrected chi connectivity index (χ3v) is 6.91. The first-order chi connectivity index (χ1) is 13.6. The van der Waals surface area contributed by atoms with Crippen molar-refractivity contribution >= 4 is 50.6 Å². The molecule has 4 aromatic rings. The van der Waals surface area contributed by atoms with Gasteiger partial charge in [-0.1, -0.05) is 41.6 Å². The van der Waals surface area contributed by atoms with Crippen LogP contribution in [0.3, 0.4) is 0 Å². The van der Waals surface area contributed by atoms with Gasteiger partial charge in [0.2, 0.25) is 0 Å². The highest BCUT2D eigenvalue weighted by molar-refractivity contribution is 7.99. The predicted molar refractivity (Wildman–Crippen MR) is 113 cm³/mol. The van der Waals surface area contributed by atoms with E-state index in [2.05, 4.69) is 10.2 Å². The molecule has 0 saturated heterocycles. The minimum absolute atomic E-state index is 0.0860. The SMILES string of the molecule is CCn1c(SCC(=O)c2ccc(F)cc2)nnc1-c1sc2ccccc2c1Cl. The van der Waals surface area contributed by atoms with E-state index in [0.717, 1.165) is 15.0 Å². The Hall–Kier alpha value is -2.22. The van der Waals surface area contributed by atoms with Gasteiger partial charge in [0.1, 0.15) is 5.82 Å². The molecule has 0 unspecified atom stereocenters. The molecule has 4 rings (SSSR count). The van der Waals surface area contributed by atoms with E-state index in [1.165, 1.54) is 36.0 Å². The molecule has 0 amide bonds. The van der Waals surface area contributed by atoms with Crippen LogP contribution >= 0.6 is 34.7 Å². The van der Waals surface area contributed by atoms with E-state index < -0.39 is 0 Å². The van der Waals surface area contributed by atoms with Crippen LogP contribution in [0.15, 0.2) is 53.7 Å². The van der Waals surface area contributed by atoms with Crippen molar-refractivity contribution < 1.29 is 9.18 Å². The third kappa shape index (κ3) is 3.57. The summed E-state index contributed by atoms with van der Waals surface area (Å²) in [6.45, 7) is 2.65. The number of thioether (sulfide) groups is 1. The Bertz CT molecular complexity index is 1150. The molecule has 142 valence electrons. The number of carbonyl (C=O) groups excluding carboxylic acids is 1. The van der Waals surface area contributed by atoms with Crippen molar-refractivity contribution in [2.45, 2.75) is 18.6 Å². The molecule has 0 bridgehead atoms. The standard InChI is InChI=1S/C20H15ClFN3OS2/c1-2-25-19(18-17(21)14-5-3-4-6-16(14)28-18)23-24-20(25)27-11-15(26)12-7-9-13(22)10-8-12/h3-10H,2,11H2,1H3. The van der Waals surface area contributed by atoms with Crippen LogP contribution in [-0.2, 0) is 6.54 Å². The summed E-state index contributed by atoms with van der Waals surface area (Å²) in [4.78, 5) is 13.2. The van der Waals surface area contributed by atoms with Gasteiger partial charge < -0.3 is 4.57 Å². The molecule has 8 heteroatoms. The lowest BCUT2D eigenvalue weighted by Gasteiger charge is -2.06. The zero-order valence-electron chi connectivity index (χ0n) is 14.9. The second kappa shape index (κ2) is 8.03. The van der Waals surface area contributed by atoms with Crippen molar-refractivity contribution in [2.75, 3.05) is 5.75 Å². The smallest absolute Gasteiger partial charge is 0.191 e. The van der Waals surface area contributed by atoms with E-state index in [0.29, 0.717) is 28.1 Å². The zero-order chi connectivity index (χ0) is 19.7. The van der Waals surface area contributed by atoms with Crippen molar-refractivity contribution in [1.82, 2.24) is 14.8 Å². The van der Waals surface area contributed by atoms with Gasteiger partial charge in [0.25, 0.3) is 0 Å². The molecule has 0 saturated carbocycles. The lowest BCUT2D eigenvalue weighted by atomic mass is 10.1. The number of aromatic nitrogens is 3. The predicted octanol–water partition coefficient (Wildman–Crippen LogP) is 5.95. The minimum Gasteiger partial charge on any atom is -0.302 e. The zero-order valence-corrected chi connectivity index (χ0v) is 17.2. The molecule has 0 aliphatic rings. The van der Waals surface area contributed by atoms with Crippen molar-refractivity contribution in [2.24, 2.45) is 0 Å². The fraction of sp³-hybridized carbons (Fsp3) is 0.150. The van der Waals surface area contributed by atoms with Crippen LogP contribution in [0.2, 0.25) is 5.02 Å². The van der Waals surface area contributed by atoms with Gasteiger partial charge in [-0.2, -0.15) is 0 Å². The average Bonchev–Trinajstić information content (AvgIpc) is 3.27. The van der Waals surface area contributed by atoms with E-state index in [9.17, 15) is 9.18 Å². The highest BCUT2D eigenvalue weighted by atomic mass is 35.5. The number of hydrogen-bond acceptors (Lipinski definition) is 5.